The van der Waals surface area contributed by atoms with E-state index in [0.29, 0.717) is 6.92 Å². The van der Waals surface area contributed by atoms with Gasteiger partial charge in [-0.1, -0.05) is 12.2 Å². The molecule has 66 valence electrons. The molecule has 1 aliphatic heterocycles. The SMILES string of the molecule is C=C1C[C@H]2CB(OC)C[C@@H](C1)C2. The lowest BCUT2D eigenvalue weighted by molar-refractivity contribution is 0.296. The van der Waals surface area contributed by atoms with Crippen LogP contribution in [0.25, 0.3) is 0 Å². The molecular formula is C10H17BO. The van der Waals surface area contributed by atoms with Crippen LogP contribution >= 0.6 is 0 Å². The lowest BCUT2D eigenvalue weighted by atomic mass is 9.47. The first kappa shape index (κ1) is 8.37. The normalized spacial score (nSPS) is 35.4. The maximum absolute atomic E-state index is 5.43. The van der Waals surface area contributed by atoms with E-state index in [1.807, 2.05) is 7.11 Å². The van der Waals surface area contributed by atoms with E-state index in [0.717, 1.165) is 11.8 Å². The first-order chi connectivity index (χ1) is 5.78. The number of rotatable bonds is 1. The number of fused-ring (bicyclic) bond motifs is 2. The smallest absolute Gasteiger partial charge is 0.293 e. The van der Waals surface area contributed by atoms with Crippen molar-refractivity contribution in [2.75, 3.05) is 7.11 Å². The second-order valence-electron chi connectivity index (χ2n) is 4.46. The molecule has 1 saturated carbocycles. The van der Waals surface area contributed by atoms with Gasteiger partial charge in [0.1, 0.15) is 0 Å². The van der Waals surface area contributed by atoms with Gasteiger partial charge >= 0.3 is 0 Å². The Kier molecular flexibility index (Phi) is 2.27. The minimum absolute atomic E-state index is 0.543. The Hall–Kier alpha value is -0.235. The molecule has 0 unspecified atom stereocenters. The van der Waals surface area contributed by atoms with Crippen molar-refractivity contribution < 1.29 is 4.65 Å². The lowest BCUT2D eigenvalue weighted by Gasteiger charge is -2.37. The molecule has 2 rings (SSSR count). The molecule has 2 atom stereocenters. The van der Waals surface area contributed by atoms with Crippen molar-refractivity contribution >= 4 is 6.92 Å². The topological polar surface area (TPSA) is 9.23 Å². The van der Waals surface area contributed by atoms with Gasteiger partial charge in [0, 0.05) is 7.11 Å². The fourth-order valence-corrected chi connectivity index (χ4v) is 2.93. The molecule has 1 nitrogen and oxygen atoms in total. The maximum atomic E-state index is 5.43. The summed E-state index contributed by atoms with van der Waals surface area (Å²) in [4.78, 5) is 0. The second kappa shape index (κ2) is 3.25. The van der Waals surface area contributed by atoms with Gasteiger partial charge in [0.2, 0.25) is 0 Å². The van der Waals surface area contributed by atoms with Crippen LogP contribution in [0.4, 0.5) is 0 Å². The molecule has 0 amide bonds. The zero-order valence-corrected chi connectivity index (χ0v) is 7.88. The molecular weight excluding hydrogens is 147 g/mol. The van der Waals surface area contributed by atoms with Crippen molar-refractivity contribution in [1.82, 2.24) is 0 Å². The van der Waals surface area contributed by atoms with Crippen LogP contribution in [-0.2, 0) is 4.65 Å². The highest BCUT2D eigenvalue weighted by Gasteiger charge is 2.35. The highest BCUT2D eigenvalue weighted by molar-refractivity contribution is 6.52. The average molecular weight is 164 g/mol. The van der Waals surface area contributed by atoms with Crippen molar-refractivity contribution in [2.24, 2.45) is 11.8 Å². The van der Waals surface area contributed by atoms with E-state index in [2.05, 4.69) is 6.58 Å². The Labute approximate surface area is 75.3 Å². The molecule has 2 fully saturated rings. The van der Waals surface area contributed by atoms with E-state index >= 15 is 0 Å². The number of hydrogen-bond donors (Lipinski definition) is 0. The van der Waals surface area contributed by atoms with E-state index in [9.17, 15) is 0 Å². The maximum Gasteiger partial charge on any atom is 0.293 e. The van der Waals surface area contributed by atoms with Gasteiger partial charge in [-0.2, -0.15) is 0 Å². The zero-order chi connectivity index (χ0) is 8.55. The Morgan fingerprint density at radius 3 is 2.42 bits per heavy atom. The van der Waals surface area contributed by atoms with E-state index in [4.69, 9.17) is 4.65 Å². The summed E-state index contributed by atoms with van der Waals surface area (Å²) in [5.74, 6) is 1.77. The Balaban J connectivity index is 2.00. The Bertz CT molecular complexity index is 174. The van der Waals surface area contributed by atoms with Crippen molar-refractivity contribution in [3.63, 3.8) is 0 Å². The van der Waals surface area contributed by atoms with E-state index in [1.54, 1.807) is 0 Å². The molecule has 0 aromatic rings. The van der Waals surface area contributed by atoms with Crippen molar-refractivity contribution in [3.05, 3.63) is 12.2 Å². The molecule has 0 spiro atoms. The molecule has 12 heavy (non-hydrogen) atoms. The van der Waals surface area contributed by atoms with E-state index < -0.39 is 0 Å². The van der Waals surface area contributed by atoms with Crippen LogP contribution in [-0.4, -0.2) is 14.0 Å². The van der Waals surface area contributed by atoms with Crippen LogP contribution in [0.15, 0.2) is 12.2 Å². The minimum atomic E-state index is 0.543. The molecule has 2 aliphatic rings. The largest absolute Gasteiger partial charge is 0.438 e. The quantitative estimate of drug-likeness (QED) is 0.427. The Morgan fingerprint density at radius 2 is 1.92 bits per heavy atom. The number of allylic oxidation sites excluding steroid dienone is 1. The minimum Gasteiger partial charge on any atom is -0.438 e. The molecule has 0 aromatic carbocycles. The molecule has 1 aliphatic carbocycles. The zero-order valence-electron chi connectivity index (χ0n) is 7.88. The van der Waals surface area contributed by atoms with Crippen molar-refractivity contribution in [1.29, 1.82) is 0 Å². The third-order valence-electron chi connectivity index (χ3n) is 3.35. The van der Waals surface area contributed by atoms with Gasteiger partial charge < -0.3 is 4.65 Å². The fraction of sp³-hybridized carbons (Fsp3) is 0.800. The summed E-state index contributed by atoms with van der Waals surface area (Å²) in [6, 6.07) is 0. The second-order valence-corrected chi connectivity index (χ2v) is 4.46. The van der Waals surface area contributed by atoms with Crippen LogP contribution in [0, 0.1) is 11.8 Å². The molecule has 1 heterocycles. The lowest BCUT2D eigenvalue weighted by Crippen LogP contribution is -2.33. The first-order valence-corrected chi connectivity index (χ1v) is 4.97. The highest BCUT2D eigenvalue weighted by atomic mass is 16.4. The first-order valence-electron chi connectivity index (χ1n) is 4.97. The summed E-state index contributed by atoms with van der Waals surface area (Å²) in [7, 11) is 1.85. The van der Waals surface area contributed by atoms with Gasteiger partial charge in [-0.05, 0) is 43.7 Å². The summed E-state index contributed by atoms with van der Waals surface area (Å²) < 4.78 is 5.43. The summed E-state index contributed by atoms with van der Waals surface area (Å²) in [6.45, 7) is 4.65. The highest BCUT2D eigenvalue weighted by Crippen LogP contribution is 2.42. The van der Waals surface area contributed by atoms with Crippen LogP contribution in [0.3, 0.4) is 0 Å². The summed E-state index contributed by atoms with van der Waals surface area (Å²) in [5, 5.41) is 0. The summed E-state index contributed by atoms with van der Waals surface area (Å²) in [5.41, 5.74) is 1.48. The van der Waals surface area contributed by atoms with Gasteiger partial charge in [0.15, 0.2) is 0 Å². The van der Waals surface area contributed by atoms with Gasteiger partial charge in [-0.25, -0.2) is 0 Å². The van der Waals surface area contributed by atoms with Crippen LogP contribution < -0.4 is 0 Å². The molecule has 0 radical (unpaired) electrons. The van der Waals surface area contributed by atoms with Crippen LogP contribution in [0.5, 0.6) is 0 Å². The standard InChI is InChI=1S/C10H17BO/c1-8-3-9-5-10(4-8)7-11(6-9)12-2/h9-10H,1,3-7H2,2H3/t9-,10+. The monoisotopic (exact) mass is 164 g/mol. The third-order valence-corrected chi connectivity index (χ3v) is 3.35. The van der Waals surface area contributed by atoms with Crippen LogP contribution in [0.2, 0.25) is 12.6 Å². The molecule has 0 aromatic heterocycles. The predicted octanol–water partition coefficient (Wildman–Crippen LogP) is 2.61. The molecule has 2 bridgehead atoms. The van der Waals surface area contributed by atoms with E-state index in [1.165, 1.54) is 37.5 Å². The van der Waals surface area contributed by atoms with Gasteiger partial charge in [-0.3, -0.25) is 0 Å². The number of hydrogen-bond acceptors (Lipinski definition) is 1. The predicted molar refractivity (Wildman–Crippen MR) is 52.3 cm³/mol. The van der Waals surface area contributed by atoms with Crippen molar-refractivity contribution in [2.45, 2.75) is 31.9 Å². The van der Waals surface area contributed by atoms with Crippen LogP contribution in [0.1, 0.15) is 19.3 Å². The average Bonchev–Trinajstić information content (AvgIpc) is 2.02. The third kappa shape index (κ3) is 1.58. The van der Waals surface area contributed by atoms with Crippen molar-refractivity contribution in [3.8, 4) is 0 Å². The summed E-state index contributed by atoms with van der Waals surface area (Å²) in [6.07, 6.45) is 6.49. The van der Waals surface area contributed by atoms with Gasteiger partial charge in [0.05, 0.1) is 0 Å². The van der Waals surface area contributed by atoms with E-state index in [-0.39, 0.29) is 0 Å². The fourth-order valence-electron chi connectivity index (χ4n) is 2.93. The van der Waals surface area contributed by atoms with Gasteiger partial charge in [0.25, 0.3) is 6.92 Å². The molecule has 0 N–H and O–H groups in total. The van der Waals surface area contributed by atoms with Gasteiger partial charge in [-0.15, -0.1) is 0 Å². The summed E-state index contributed by atoms with van der Waals surface area (Å²) >= 11 is 0. The molecule has 1 saturated heterocycles. The molecule has 2 heteroatoms. The Morgan fingerprint density at radius 1 is 1.33 bits per heavy atom.